The number of hydrogen-bond donors (Lipinski definition) is 2. The Labute approximate surface area is 122 Å². The molecule has 0 radical (unpaired) electrons. The second kappa shape index (κ2) is 5.92. The van der Waals surface area contributed by atoms with Gasteiger partial charge in [0.1, 0.15) is 0 Å². The number of aliphatic hydroxyl groups excluding tert-OH is 1. The van der Waals surface area contributed by atoms with E-state index in [4.69, 9.17) is 16.7 Å². The van der Waals surface area contributed by atoms with Crippen molar-refractivity contribution in [1.82, 2.24) is 14.5 Å². The summed E-state index contributed by atoms with van der Waals surface area (Å²) in [5.41, 5.74) is 1.05. The van der Waals surface area contributed by atoms with E-state index in [1.807, 2.05) is 0 Å². The molecule has 8 heteroatoms. The van der Waals surface area contributed by atoms with Crippen LogP contribution in [0.15, 0.2) is 35.5 Å². The third-order valence-electron chi connectivity index (χ3n) is 2.84. The fourth-order valence-corrected chi connectivity index (χ4v) is 3.10. The molecule has 0 spiro atoms. The van der Waals surface area contributed by atoms with Gasteiger partial charge in [0.25, 0.3) is 10.0 Å². The predicted octanol–water partition coefficient (Wildman–Crippen LogP) is 1.38. The summed E-state index contributed by atoms with van der Waals surface area (Å²) < 4.78 is 25.9. The smallest absolute Gasteiger partial charge is 0.260 e. The summed E-state index contributed by atoms with van der Waals surface area (Å²) in [5, 5.41) is 15.7. The number of H-pyrrole nitrogens is 1. The zero-order chi connectivity index (χ0) is 14.8. The number of aromatic amines is 1. The first-order valence-electron chi connectivity index (χ1n) is 5.79. The van der Waals surface area contributed by atoms with Crippen molar-refractivity contribution < 1.29 is 13.5 Å². The molecule has 108 valence electrons. The van der Waals surface area contributed by atoms with E-state index in [1.54, 1.807) is 24.3 Å². The molecule has 2 rings (SSSR count). The van der Waals surface area contributed by atoms with E-state index >= 15 is 0 Å². The number of aromatic nitrogens is 2. The van der Waals surface area contributed by atoms with Gasteiger partial charge >= 0.3 is 0 Å². The van der Waals surface area contributed by atoms with Gasteiger partial charge in [-0.25, -0.2) is 8.42 Å². The van der Waals surface area contributed by atoms with Gasteiger partial charge in [0.05, 0.1) is 12.8 Å². The number of aliphatic hydroxyl groups is 1. The summed E-state index contributed by atoms with van der Waals surface area (Å²) in [4.78, 5) is 0. The largest absolute Gasteiger partial charge is 0.392 e. The molecule has 20 heavy (non-hydrogen) atoms. The highest BCUT2D eigenvalue weighted by molar-refractivity contribution is 7.89. The van der Waals surface area contributed by atoms with Crippen LogP contribution < -0.4 is 0 Å². The van der Waals surface area contributed by atoms with E-state index in [9.17, 15) is 8.42 Å². The molecule has 0 aliphatic rings. The van der Waals surface area contributed by atoms with Crippen LogP contribution in [-0.4, -0.2) is 35.1 Å². The van der Waals surface area contributed by atoms with Crippen molar-refractivity contribution in [2.24, 2.45) is 0 Å². The molecule has 2 N–H and O–H groups in total. The van der Waals surface area contributed by atoms with Crippen molar-refractivity contribution in [3.05, 3.63) is 46.6 Å². The molecule has 0 aliphatic carbocycles. The molecular weight excluding hydrogens is 302 g/mol. The number of sulfonamides is 1. The lowest BCUT2D eigenvalue weighted by Gasteiger charge is -2.16. The Morgan fingerprint density at radius 3 is 2.60 bits per heavy atom. The van der Waals surface area contributed by atoms with Gasteiger partial charge in [0, 0.05) is 24.2 Å². The van der Waals surface area contributed by atoms with E-state index in [2.05, 4.69) is 10.2 Å². The first-order chi connectivity index (χ1) is 9.45. The molecule has 1 heterocycles. The van der Waals surface area contributed by atoms with Gasteiger partial charge < -0.3 is 5.11 Å². The van der Waals surface area contributed by atoms with E-state index < -0.39 is 10.0 Å². The van der Waals surface area contributed by atoms with Gasteiger partial charge in [-0.2, -0.15) is 9.40 Å². The topological polar surface area (TPSA) is 86.3 Å². The number of rotatable bonds is 5. The second-order valence-corrected chi connectivity index (χ2v) is 6.69. The third-order valence-corrected chi connectivity index (χ3v) is 4.91. The number of halogens is 1. The third kappa shape index (κ3) is 3.01. The molecular formula is C12H14ClN3O3S. The van der Waals surface area contributed by atoms with Crippen LogP contribution in [0.25, 0.3) is 0 Å². The molecule has 0 unspecified atom stereocenters. The van der Waals surface area contributed by atoms with Crippen LogP contribution in [0.4, 0.5) is 0 Å². The van der Waals surface area contributed by atoms with Crippen molar-refractivity contribution in [3.8, 4) is 0 Å². The number of nitrogens with one attached hydrogen (secondary N) is 1. The van der Waals surface area contributed by atoms with Crippen molar-refractivity contribution >= 4 is 21.6 Å². The maximum atomic E-state index is 12.4. The summed E-state index contributed by atoms with van der Waals surface area (Å²) in [6.45, 7) is -0.191. The van der Waals surface area contributed by atoms with Crippen molar-refractivity contribution in [3.63, 3.8) is 0 Å². The summed E-state index contributed by atoms with van der Waals surface area (Å²) in [6.07, 6.45) is 1.29. The standard InChI is InChI=1S/C12H14ClN3O3S/c1-16(7-9-2-4-11(13)5-3-9)20(18,19)12-10(8-17)6-14-15-12/h2-6,17H,7-8H2,1H3,(H,14,15). The van der Waals surface area contributed by atoms with Crippen LogP contribution in [0.3, 0.4) is 0 Å². The minimum atomic E-state index is -3.72. The Morgan fingerprint density at radius 2 is 2.00 bits per heavy atom. The number of benzene rings is 1. The lowest BCUT2D eigenvalue weighted by molar-refractivity contribution is 0.278. The minimum Gasteiger partial charge on any atom is -0.392 e. The predicted molar refractivity (Wildman–Crippen MR) is 74.6 cm³/mol. The van der Waals surface area contributed by atoms with Crippen LogP contribution in [0.2, 0.25) is 5.02 Å². The molecule has 1 aromatic carbocycles. The zero-order valence-corrected chi connectivity index (χ0v) is 12.3. The lowest BCUT2D eigenvalue weighted by atomic mass is 10.2. The normalized spacial score (nSPS) is 12.0. The Balaban J connectivity index is 2.23. The highest BCUT2D eigenvalue weighted by Crippen LogP contribution is 2.19. The highest BCUT2D eigenvalue weighted by Gasteiger charge is 2.25. The Bertz CT molecular complexity index is 682. The number of hydrogen-bond acceptors (Lipinski definition) is 4. The van der Waals surface area contributed by atoms with Crippen LogP contribution in [0.1, 0.15) is 11.1 Å². The van der Waals surface area contributed by atoms with Crippen LogP contribution in [0.5, 0.6) is 0 Å². The monoisotopic (exact) mass is 315 g/mol. The average Bonchev–Trinajstić information content (AvgIpc) is 2.90. The summed E-state index contributed by atoms with van der Waals surface area (Å²) in [5.74, 6) is 0. The summed E-state index contributed by atoms with van der Waals surface area (Å²) >= 11 is 5.79. The zero-order valence-electron chi connectivity index (χ0n) is 10.7. The molecule has 1 aromatic heterocycles. The molecule has 0 saturated carbocycles. The van der Waals surface area contributed by atoms with Crippen LogP contribution >= 0.6 is 11.6 Å². The quantitative estimate of drug-likeness (QED) is 0.872. The van der Waals surface area contributed by atoms with Gasteiger partial charge in [-0.1, -0.05) is 23.7 Å². The molecule has 0 amide bonds. The molecule has 0 atom stereocenters. The molecule has 0 fully saturated rings. The van der Waals surface area contributed by atoms with Gasteiger partial charge in [-0.05, 0) is 17.7 Å². The fraction of sp³-hybridized carbons (Fsp3) is 0.250. The maximum absolute atomic E-state index is 12.4. The SMILES string of the molecule is CN(Cc1ccc(Cl)cc1)S(=O)(=O)c1[nH]ncc1CO. The van der Waals surface area contributed by atoms with Gasteiger partial charge in [-0.3, -0.25) is 5.10 Å². The minimum absolute atomic E-state index is 0.0866. The van der Waals surface area contributed by atoms with E-state index in [-0.39, 0.29) is 23.7 Å². The Morgan fingerprint density at radius 1 is 1.35 bits per heavy atom. The van der Waals surface area contributed by atoms with Crippen LogP contribution in [-0.2, 0) is 23.2 Å². The molecule has 0 aliphatic heterocycles. The van der Waals surface area contributed by atoms with Gasteiger partial charge in [0.15, 0.2) is 5.03 Å². The second-order valence-electron chi connectivity index (χ2n) is 4.27. The Hall–Kier alpha value is -1.41. The van der Waals surface area contributed by atoms with Gasteiger partial charge in [-0.15, -0.1) is 0 Å². The molecule has 0 saturated heterocycles. The van der Waals surface area contributed by atoms with Crippen molar-refractivity contribution in [1.29, 1.82) is 0 Å². The first-order valence-corrected chi connectivity index (χ1v) is 7.61. The van der Waals surface area contributed by atoms with E-state index in [0.29, 0.717) is 5.02 Å². The number of nitrogens with zero attached hydrogens (tertiary/aromatic N) is 2. The Kier molecular flexibility index (Phi) is 4.44. The maximum Gasteiger partial charge on any atom is 0.260 e. The van der Waals surface area contributed by atoms with Crippen molar-refractivity contribution in [2.75, 3.05) is 7.05 Å². The summed E-state index contributed by atoms with van der Waals surface area (Å²) in [7, 11) is -2.26. The molecule has 0 bridgehead atoms. The highest BCUT2D eigenvalue weighted by atomic mass is 35.5. The molecule has 2 aromatic rings. The average molecular weight is 316 g/mol. The van der Waals surface area contributed by atoms with E-state index in [1.165, 1.54) is 17.5 Å². The van der Waals surface area contributed by atoms with E-state index in [0.717, 1.165) is 5.56 Å². The van der Waals surface area contributed by atoms with Crippen molar-refractivity contribution in [2.45, 2.75) is 18.2 Å². The van der Waals surface area contributed by atoms with Crippen LogP contribution in [0, 0.1) is 0 Å². The van der Waals surface area contributed by atoms with Gasteiger partial charge in [0.2, 0.25) is 0 Å². The first kappa shape index (κ1) is 15.0. The fourth-order valence-electron chi connectivity index (χ4n) is 1.72. The molecule has 6 nitrogen and oxygen atoms in total. The lowest BCUT2D eigenvalue weighted by Crippen LogP contribution is -2.27. The summed E-state index contributed by atoms with van der Waals surface area (Å²) in [6, 6.07) is 6.92.